The molecule has 28 heavy (non-hydrogen) atoms. The van der Waals surface area contributed by atoms with Gasteiger partial charge in [-0.2, -0.15) is 0 Å². The van der Waals surface area contributed by atoms with Gasteiger partial charge in [-0.25, -0.2) is 0 Å². The Bertz CT molecular complexity index is 983. The van der Waals surface area contributed by atoms with Crippen LogP contribution in [0.15, 0.2) is 42.5 Å². The highest BCUT2D eigenvalue weighted by Crippen LogP contribution is 2.35. The number of ether oxygens (including phenoxy) is 1. The van der Waals surface area contributed by atoms with Gasteiger partial charge in [-0.1, -0.05) is 12.1 Å². The van der Waals surface area contributed by atoms with Gasteiger partial charge in [0.2, 0.25) is 5.91 Å². The number of carbonyl (C=O) groups excluding carboxylic acids is 4. The average Bonchev–Trinajstić information content (AvgIpc) is 2.65. The van der Waals surface area contributed by atoms with Gasteiger partial charge < -0.3 is 10.1 Å². The molecule has 1 aliphatic heterocycles. The number of nitrogens with one attached hydrogen (secondary N) is 1. The number of benzene rings is 2. The van der Waals surface area contributed by atoms with Gasteiger partial charge in [-0.15, -0.1) is 0 Å². The SMILES string of the molecule is CC(=O)c1cccc(NC(=O)CN2C(=O)C(C)Oc3ccc(C(C)=O)cc32)c1. The van der Waals surface area contributed by atoms with E-state index in [9.17, 15) is 19.2 Å². The van der Waals surface area contributed by atoms with Crippen molar-refractivity contribution in [1.29, 1.82) is 0 Å². The summed E-state index contributed by atoms with van der Waals surface area (Å²) in [6.45, 7) is 4.23. The number of rotatable bonds is 5. The highest BCUT2D eigenvalue weighted by atomic mass is 16.5. The lowest BCUT2D eigenvalue weighted by Crippen LogP contribution is -2.47. The number of anilines is 2. The van der Waals surface area contributed by atoms with E-state index in [2.05, 4.69) is 5.32 Å². The molecule has 0 aromatic heterocycles. The third-order valence-corrected chi connectivity index (χ3v) is 4.43. The van der Waals surface area contributed by atoms with E-state index in [1.54, 1.807) is 49.4 Å². The number of ketones is 2. The van der Waals surface area contributed by atoms with Gasteiger partial charge in [0.15, 0.2) is 17.7 Å². The van der Waals surface area contributed by atoms with E-state index in [0.29, 0.717) is 28.3 Å². The van der Waals surface area contributed by atoms with Crippen LogP contribution in [0.1, 0.15) is 41.5 Å². The monoisotopic (exact) mass is 380 g/mol. The number of hydrogen-bond acceptors (Lipinski definition) is 5. The Labute approximate surface area is 162 Å². The van der Waals surface area contributed by atoms with Crippen molar-refractivity contribution in [2.45, 2.75) is 26.9 Å². The molecule has 1 atom stereocenters. The van der Waals surface area contributed by atoms with Crippen LogP contribution >= 0.6 is 0 Å². The molecule has 2 aromatic rings. The minimum absolute atomic E-state index is 0.112. The van der Waals surface area contributed by atoms with Crippen LogP contribution in [0.5, 0.6) is 5.75 Å². The highest BCUT2D eigenvalue weighted by molar-refractivity contribution is 6.07. The summed E-state index contributed by atoms with van der Waals surface area (Å²) >= 11 is 0. The number of amides is 2. The van der Waals surface area contributed by atoms with Gasteiger partial charge in [0, 0.05) is 16.8 Å². The molecular weight excluding hydrogens is 360 g/mol. The van der Waals surface area contributed by atoms with Crippen molar-refractivity contribution in [3.63, 3.8) is 0 Å². The molecule has 1 aliphatic rings. The fourth-order valence-corrected chi connectivity index (χ4v) is 2.95. The Morgan fingerprint density at radius 1 is 1.04 bits per heavy atom. The molecule has 2 amide bonds. The third-order valence-electron chi connectivity index (χ3n) is 4.43. The molecule has 0 aliphatic carbocycles. The summed E-state index contributed by atoms with van der Waals surface area (Å²) in [6.07, 6.45) is -0.746. The second kappa shape index (κ2) is 7.64. The van der Waals surface area contributed by atoms with Crippen LogP contribution in [0.25, 0.3) is 0 Å². The van der Waals surface area contributed by atoms with E-state index in [0.717, 1.165) is 0 Å². The lowest BCUT2D eigenvalue weighted by atomic mass is 10.1. The van der Waals surface area contributed by atoms with E-state index in [4.69, 9.17) is 4.74 Å². The zero-order valence-corrected chi connectivity index (χ0v) is 15.8. The Morgan fingerprint density at radius 3 is 2.39 bits per heavy atom. The number of Topliss-reactive ketones (excluding diaryl/α,β-unsaturated/α-hetero) is 2. The van der Waals surface area contributed by atoms with E-state index < -0.39 is 12.0 Å². The van der Waals surface area contributed by atoms with Crippen molar-refractivity contribution in [2.24, 2.45) is 0 Å². The van der Waals surface area contributed by atoms with Crippen molar-refractivity contribution >= 4 is 34.8 Å². The maximum absolute atomic E-state index is 12.6. The molecule has 0 spiro atoms. The summed E-state index contributed by atoms with van der Waals surface area (Å²) in [5.41, 5.74) is 1.74. The second-order valence-corrected chi connectivity index (χ2v) is 6.61. The Hall–Kier alpha value is -3.48. The van der Waals surface area contributed by atoms with Gasteiger partial charge in [0.1, 0.15) is 12.3 Å². The first kappa shape index (κ1) is 19.3. The lowest BCUT2D eigenvalue weighted by molar-refractivity contribution is -0.127. The minimum atomic E-state index is -0.746. The molecule has 0 bridgehead atoms. The summed E-state index contributed by atoms with van der Waals surface area (Å²) in [7, 11) is 0. The van der Waals surface area contributed by atoms with Crippen LogP contribution in [0, 0.1) is 0 Å². The smallest absolute Gasteiger partial charge is 0.268 e. The van der Waals surface area contributed by atoms with E-state index in [1.165, 1.54) is 18.7 Å². The molecule has 1 unspecified atom stereocenters. The zero-order chi connectivity index (χ0) is 20.4. The quantitative estimate of drug-likeness (QED) is 0.805. The van der Waals surface area contributed by atoms with Crippen LogP contribution in [0.4, 0.5) is 11.4 Å². The van der Waals surface area contributed by atoms with Crippen molar-refractivity contribution < 1.29 is 23.9 Å². The van der Waals surface area contributed by atoms with Crippen molar-refractivity contribution in [2.75, 3.05) is 16.8 Å². The zero-order valence-electron chi connectivity index (χ0n) is 15.8. The molecule has 2 aromatic carbocycles. The predicted molar refractivity (Wildman–Crippen MR) is 104 cm³/mol. The largest absolute Gasteiger partial charge is 0.479 e. The fourth-order valence-electron chi connectivity index (χ4n) is 2.95. The summed E-state index contributed by atoms with van der Waals surface area (Å²) in [4.78, 5) is 49.6. The van der Waals surface area contributed by atoms with Gasteiger partial charge in [-0.05, 0) is 51.1 Å². The molecule has 0 saturated heterocycles. The first-order valence-electron chi connectivity index (χ1n) is 8.80. The van der Waals surface area contributed by atoms with Gasteiger partial charge in [0.05, 0.1) is 5.69 Å². The molecule has 0 fully saturated rings. The maximum atomic E-state index is 12.6. The van der Waals surface area contributed by atoms with E-state index in [-0.39, 0.29) is 24.0 Å². The standard InChI is InChI=1S/C21H20N2O5/c1-12(24)15-5-4-6-17(9-15)22-20(26)11-23-18-10-16(13(2)25)7-8-19(18)28-14(3)21(23)27/h4-10,14H,11H2,1-3H3,(H,22,26). The lowest BCUT2D eigenvalue weighted by Gasteiger charge is -2.32. The number of nitrogens with zero attached hydrogens (tertiary/aromatic N) is 1. The van der Waals surface area contributed by atoms with E-state index in [1.807, 2.05) is 0 Å². The molecular formula is C21H20N2O5. The molecule has 1 heterocycles. The van der Waals surface area contributed by atoms with Crippen molar-refractivity contribution in [3.05, 3.63) is 53.6 Å². The van der Waals surface area contributed by atoms with Crippen LogP contribution in [-0.4, -0.2) is 36.0 Å². The predicted octanol–water partition coefficient (Wildman–Crippen LogP) is 2.84. The summed E-state index contributed by atoms with van der Waals surface area (Å²) in [5, 5.41) is 2.70. The molecule has 1 N–H and O–H groups in total. The molecule has 7 heteroatoms. The number of hydrogen-bond donors (Lipinski definition) is 1. The minimum Gasteiger partial charge on any atom is -0.479 e. The number of fused-ring (bicyclic) bond motifs is 1. The first-order valence-corrected chi connectivity index (χ1v) is 8.80. The highest BCUT2D eigenvalue weighted by Gasteiger charge is 2.33. The van der Waals surface area contributed by atoms with Crippen LogP contribution in [0.3, 0.4) is 0 Å². The molecule has 144 valence electrons. The Kier molecular flexibility index (Phi) is 5.26. The van der Waals surface area contributed by atoms with Crippen LogP contribution < -0.4 is 15.0 Å². The van der Waals surface area contributed by atoms with Crippen LogP contribution in [0.2, 0.25) is 0 Å². The Balaban J connectivity index is 1.85. The molecule has 3 rings (SSSR count). The third kappa shape index (κ3) is 3.93. The summed E-state index contributed by atoms with van der Waals surface area (Å²) in [5.74, 6) is -0.634. The summed E-state index contributed by atoms with van der Waals surface area (Å²) in [6, 6.07) is 11.4. The Morgan fingerprint density at radius 2 is 1.71 bits per heavy atom. The average molecular weight is 380 g/mol. The van der Waals surface area contributed by atoms with Crippen molar-refractivity contribution in [3.8, 4) is 5.75 Å². The van der Waals surface area contributed by atoms with Crippen LogP contribution in [-0.2, 0) is 9.59 Å². The van der Waals surface area contributed by atoms with Gasteiger partial charge in [0.25, 0.3) is 5.91 Å². The molecule has 0 saturated carbocycles. The van der Waals surface area contributed by atoms with Gasteiger partial charge in [-0.3, -0.25) is 24.1 Å². The van der Waals surface area contributed by atoms with E-state index >= 15 is 0 Å². The normalized spacial score (nSPS) is 15.5. The number of carbonyl (C=O) groups is 4. The second-order valence-electron chi connectivity index (χ2n) is 6.61. The molecule has 7 nitrogen and oxygen atoms in total. The maximum Gasteiger partial charge on any atom is 0.268 e. The topological polar surface area (TPSA) is 92.8 Å². The first-order chi connectivity index (χ1) is 13.3. The summed E-state index contributed by atoms with van der Waals surface area (Å²) < 4.78 is 5.58. The van der Waals surface area contributed by atoms with Gasteiger partial charge >= 0.3 is 0 Å². The van der Waals surface area contributed by atoms with Crippen molar-refractivity contribution in [1.82, 2.24) is 0 Å². The molecule has 0 radical (unpaired) electrons. The fraction of sp³-hybridized carbons (Fsp3) is 0.238.